The van der Waals surface area contributed by atoms with Crippen LogP contribution in [-0.4, -0.2) is 28.7 Å². The Morgan fingerprint density at radius 1 is 1.10 bits per heavy atom. The summed E-state index contributed by atoms with van der Waals surface area (Å²) in [4.78, 5) is 17.7. The number of aromatic nitrogens is 2. The summed E-state index contributed by atoms with van der Waals surface area (Å²) in [5, 5.41) is 0. The number of halogens is 5. The molecule has 0 aliphatic carbocycles. The van der Waals surface area contributed by atoms with Gasteiger partial charge in [0.15, 0.2) is 0 Å². The Kier molecular flexibility index (Phi) is 4.30. The Hall–Kier alpha value is -1.80. The number of alkyl halides is 5. The van der Waals surface area contributed by atoms with Gasteiger partial charge in [-0.05, 0) is 20.8 Å². The van der Waals surface area contributed by atoms with Gasteiger partial charge in [0.2, 0.25) is 5.82 Å². The Morgan fingerprint density at radius 2 is 1.55 bits per heavy atom. The van der Waals surface area contributed by atoms with E-state index in [0.717, 1.165) is 13.8 Å². The van der Waals surface area contributed by atoms with Crippen molar-refractivity contribution < 1.29 is 31.5 Å². The molecule has 0 atom stereocenters. The lowest BCUT2D eigenvalue weighted by atomic mass is 10.1. The number of carbonyl (C=O) groups is 1. The molecule has 0 amide bonds. The minimum Gasteiger partial charge on any atom is -0.462 e. The van der Waals surface area contributed by atoms with Crippen LogP contribution in [0.5, 0.6) is 0 Å². The van der Waals surface area contributed by atoms with Crippen LogP contribution < -0.4 is 0 Å². The molecule has 0 aromatic carbocycles. The van der Waals surface area contributed by atoms with Crippen LogP contribution in [0.1, 0.15) is 34.5 Å². The molecule has 9 heteroatoms. The van der Waals surface area contributed by atoms with Gasteiger partial charge in [-0.1, -0.05) is 0 Å². The van der Waals surface area contributed by atoms with Crippen LogP contribution in [0.4, 0.5) is 22.0 Å². The van der Waals surface area contributed by atoms with E-state index in [2.05, 4.69) is 14.7 Å². The van der Waals surface area contributed by atoms with E-state index in [-0.39, 0.29) is 23.6 Å². The first kappa shape index (κ1) is 16.3. The van der Waals surface area contributed by atoms with Crippen LogP contribution in [0.25, 0.3) is 0 Å². The molecule has 0 fully saturated rings. The van der Waals surface area contributed by atoms with Crippen molar-refractivity contribution in [3.05, 3.63) is 22.8 Å². The second-order valence-corrected chi connectivity index (χ2v) is 3.89. The number of esters is 1. The van der Waals surface area contributed by atoms with Gasteiger partial charge in [0.25, 0.3) is 0 Å². The minimum atomic E-state index is -5.81. The standard InChI is InChI=1S/C11H11F5N2O2/c1-4-20-8(19)7-5(2)17-9(18-6(7)3)10(12,13)11(14,15)16/h4H2,1-3H3. The van der Waals surface area contributed by atoms with E-state index in [1.165, 1.54) is 6.92 Å². The van der Waals surface area contributed by atoms with Gasteiger partial charge in [-0.2, -0.15) is 22.0 Å². The van der Waals surface area contributed by atoms with Crippen molar-refractivity contribution in [1.82, 2.24) is 9.97 Å². The van der Waals surface area contributed by atoms with Crippen molar-refractivity contribution in [2.75, 3.05) is 6.61 Å². The first-order valence-electron chi connectivity index (χ1n) is 5.49. The molecule has 0 radical (unpaired) electrons. The lowest BCUT2D eigenvalue weighted by molar-refractivity contribution is -0.292. The molecule has 112 valence electrons. The van der Waals surface area contributed by atoms with E-state index in [4.69, 9.17) is 0 Å². The second-order valence-electron chi connectivity index (χ2n) is 3.89. The van der Waals surface area contributed by atoms with Gasteiger partial charge in [-0.15, -0.1) is 0 Å². The van der Waals surface area contributed by atoms with Gasteiger partial charge in [0, 0.05) is 0 Å². The normalized spacial score (nSPS) is 12.4. The molecule has 1 aromatic heterocycles. The van der Waals surface area contributed by atoms with Gasteiger partial charge in [-0.25, -0.2) is 14.8 Å². The molecule has 0 bridgehead atoms. The highest BCUT2D eigenvalue weighted by molar-refractivity contribution is 5.91. The second kappa shape index (κ2) is 5.29. The summed E-state index contributed by atoms with van der Waals surface area (Å²) in [6, 6.07) is 0. The molecule has 1 rings (SSSR count). The zero-order valence-electron chi connectivity index (χ0n) is 10.8. The van der Waals surface area contributed by atoms with Crippen molar-refractivity contribution in [3.8, 4) is 0 Å². The summed E-state index contributed by atoms with van der Waals surface area (Å²) in [6.07, 6.45) is -5.81. The number of ether oxygens (including phenoxy) is 1. The number of nitrogens with zero attached hydrogens (tertiary/aromatic N) is 2. The fourth-order valence-corrected chi connectivity index (χ4v) is 1.48. The predicted octanol–water partition coefficient (Wildman–Crippen LogP) is 2.92. The highest BCUT2D eigenvalue weighted by Crippen LogP contribution is 2.42. The predicted molar refractivity (Wildman–Crippen MR) is 57.4 cm³/mol. The lowest BCUT2D eigenvalue weighted by Gasteiger charge is -2.19. The lowest BCUT2D eigenvalue weighted by Crippen LogP contribution is -2.36. The molecule has 20 heavy (non-hydrogen) atoms. The van der Waals surface area contributed by atoms with Crippen molar-refractivity contribution in [2.24, 2.45) is 0 Å². The van der Waals surface area contributed by atoms with E-state index < -0.39 is 23.9 Å². The summed E-state index contributed by atoms with van der Waals surface area (Å²) in [5.41, 5.74) is -0.807. The quantitative estimate of drug-likeness (QED) is 0.636. The van der Waals surface area contributed by atoms with Crippen LogP contribution >= 0.6 is 0 Å². The summed E-state index contributed by atoms with van der Waals surface area (Å²) in [5.74, 6) is -7.74. The maximum absolute atomic E-state index is 13.1. The van der Waals surface area contributed by atoms with Crippen LogP contribution in [-0.2, 0) is 10.7 Å². The van der Waals surface area contributed by atoms with Crippen molar-refractivity contribution in [1.29, 1.82) is 0 Å². The zero-order chi connectivity index (χ0) is 15.7. The van der Waals surface area contributed by atoms with Gasteiger partial charge in [0.1, 0.15) is 5.56 Å². The number of carbonyl (C=O) groups excluding carboxylic acids is 1. The van der Waals surface area contributed by atoms with Crippen LogP contribution in [0.3, 0.4) is 0 Å². The van der Waals surface area contributed by atoms with Crippen LogP contribution in [0.2, 0.25) is 0 Å². The molecule has 0 aliphatic rings. The zero-order valence-corrected chi connectivity index (χ0v) is 10.8. The topological polar surface area (TPSA) is 52.1 Å². The molecule has 0 spiro atoms. The molecule has 0 saturated carbocycles. The molecule has 0 unspecified atom stereocenters. The van der Waals surface area contributed by atoms with Crippen molar-refractivity contribution in [3.63, 3.8) is 0 Å². The molecule has 0 N–H and O–H groups in total. The summed E-state index contributed by atoms with van der Waals surface area (Å²) >= 11 is 0. The Labute approximate surface area is 111 Å². The smallest absolute Gasteiger partial charge is 0.461 e. The third-order valence-corrected chi connectivity index (χ3v) is 2.39. The van der Waals surface area contributed by atoms with Crippen LogP contribution in [0.15, 0.2) is 0 Å². The highest BCUT2D eigenvalue weighted by atomic mass is 19.4. The molecule has 4 nitrogen and oxygen atoms in total. The summed E-state index contributed by atoms with van der Waals surface area (Å²) in [6.45, 7) is 3.82. The highest BCUT2D eigenvalue weighted by Gasteiger charge is 2.61. The maximum Gasteiger partial charge on any atom is 0.461 e. The Bertz CT molecular complexity index is 505. The molecule has 1 heterocycles. The van der Waals surface area contributed by atoms with E-state index in [1.807, 2.05) is 0 Å². The number of aryl methyl sites for hydroxylation is 2. The van der Waals surface area contributed by atoms with E-state index in [9.17, 15) is 26.7 Å². The third kappa shape index (κ3) is 2.86. The van der Waals surface area contributed by atoms with Crippen LogP contribution in [0, 0.1) is 13.8 Å². The fraction of sp³-hybridized carbons (Fsp3) is 0.545. The Morgan fingerprint density at radius 3 is 1.90 bits per heavy atom. The summed E-state index contributed by atoms with van der Waals surface area (Å²) < 4.78 is 67.7. The average Bonchev–Trinajstić information content (AvgIpc) is 2.26. The first-order valence-corrected chi connectivity index (χ1v) is 5.49. The summed E-state index contributed by atoms with van der Waals surface area (Å²) in [7, 11) is 0. The molecule has 0 saturated heterocycles. The van der Waals surface area contributed by atoms with Gasteiger partial charge >= 0.3 is 18.1 Å². The SMILES string of the molecule is CCOC(=O)c1c(C)nc(C(F)(F)C(F)(F)F)nc1C. The molecule has 0 aliphatic heterocycles. The molecular weight excluding hydrogens is 287 g/mol. The number of hydrogen-bond acceptors (Lipinski definition) is 4. The average molecular weight is 298 g/mol. The van der Waals surface area contributed by atoms with Gasteiger partial charge in [0.05, 0.1) is 18.0 Å². The van der Waals surface area contributed by atoms with E-state index in [1.54, 1.807) is 0 Å². The van der Waals surface area contributed by atoms with Crippen molar-refractivity contribution >= 4 is 5.97 Å². The minimum absolute atomic E-state index is 0.0260. The monoisotopic (exact) mass is 298 g/mol. The van der Waals surface area contributed by atoms with Gasteiger partial charge in [-0.3, -0.25) is 0 Å². The maximum atomic E-state index is 13.1. The fourth-order valence-electron chi connectivity index (χ4n) is 1.48. The van der Waals surface area contributed by atoms with Crippen molar-refractivity contribution in [2.45, 2.75) is 32.9 Å². The number of hydrogen-bond donors (Lipinski definition) is 0. The Balaban J connectivity index is 3.35. The van der Waals surface area contributed by atoms with E-state index >= 15 is 0 Å². The number of rotatable bonds is 3. The largest absolute Gasteiger partial charge is 0.462 e. The molecular formula is C11H11F5N2O2. The van der Waals surface area contributed by atoms with Gasteiger partial charge < -0.3 is 4.74 Å². The first-order chi connectivity index (χ1) is 9.02. The molecule has 1 aromatic rings. The third-order valence-electron chi connectivity index (χ3n) is 2.39. The van der Waals surface area contributed by atoms with E-state index in [0.29, 0.717) is 0 Å².